The first kappa shape index (κ1) is 13.7. The van der Waals surface area contributed by atoms with Crippen LogP contribution in [-0.4, -0.2) is 24.2 Å². The lowest BCUT2D eigenvalue weighted by molar-refractivity contribution is -0.131. The van der Waals surface area contributed by atoms with Crippen molar-refractivity contribution in [3.8, 4) is 0 Å². The number of aliphatic carboxylic acids is 1. The predicted molar refractivity (Wildman–Crippen MR) is 78.5 cm³/mol. The summed E-state index contributed by atoms with van der Waals surface area (Å²) in [5.74, 6) is -0.141. The first-order valence-corrected chi connectivity index (χ1v) is 6.86. The monoisotopic (exact) mass is 259 g/mol. The summed E-state index contributed by atoms with van der Waals surface area (Å²) in [6.45, 7) is 6.40. The van der Waals surface area contributed by atoms with Crippen molar-refractivity contribution < 1.29 is 9.90 Å². The molecule has 0 radical (unpaired) electrons. The molecule has 0 aliphatic carbocycles. The summed E-state index contributed by atoms with van der Waals surface area (Å²) in [7, 11) is 0. The van der Waals surface area contributed by atoms with Crippen LogP contribution in [0.5, 0.6) is 0 Å². The van der Waals surface area contributed by atoms with Crippen molar-refractivity contribution >= 4 is 17.7 Å². The number of carbonyl (C=O) groups is 1. The molecule has 102 valence electrons. The Morgan fingerprint density at radius 3 is 2.95 bits per heavy atom. The van der Waals surface area contributed by atoms with Crippen LogP contribution in [0.25, 0.3) is 6.08 Å². The fourth-order valence-electron chi connectivity index (χ4n) is 2.64. The summed E-state index contributed by atoms with van der Waals surface area (Å²) in [4.78, 5) is 13.1. The second kappa shape index (κ2) is 5.91. The first-order chi connectivity index (χ1) is 9.10. The van der Waals surface area contributed by atoms with E-state index in [1.807, 2.05) is 13.0 Å². The minimum atomic E-state index is -0.902. The molecule has 3 heteroatoms. The van der Waals surface area contributed by atoms with Gasteiger partial charge in [-0.2, -0.15) is 0 Å². The highest BCUT2D eigenvalue weighted by Crippen LogP contribution is 2.29. The second-order valence-electron chi connectivity index (χ2n) is 5.24. The van der Waals surface area contributed by atoms with Crippen LogP contribution in [0.2, 0.25) is 0 Å². The summed E-state index contributed by atoms with van der Waals surface area (Å²) in [5, 5.41) is 8.78. The van der Waals surface area contributed by atoms with E-state index < -0.39 is 5.97 Å². The van der Waals surface area contributed by atoms with Gasteiger partial charge in [0.25, 0.3) is 0 Å². The third-order valence-corrected chi connectivity index (χ3v) is 3.79. The molecule has 1 N–H and O–H groups in total. The highest BCUT2D eigenvalue weighted by atomic mass is 16.4. The number of carboxylic acid groups (broad SMARTS) is 1. The normalized spacial score (nSPS) is 19.3. The fourth-order valence-corrected chi connectivity index (χ4v) is 2.64. The van der Waals surface area contributed by atoms with Gasteiger partial charge in [-0.1, -0.05) is 25.0 Å². The molecule has 1 unspecified atom stereocenters. The Balaban J connectivity index is 2.27. The number of hydrogen-bond acceptors (Lipinski definition) is 2. The van der Waals surface area contributed by atoms with Gasteiger partial charge in [-0.05, 0) is 43.0 Å². The van der Waals surface area contributed by atoms with Crippen LogP contribution >= 0.6 is 0 Å². The van der Waals surface area contributed by atoms with E-state index >= 15 is 0 Å². The highest BCUT2D eigenvalue weighted by molar-refractivity contribution is 5.87. The van der Waals surface area contributed by atoms with Crippen LogP contribution in [0, 0.1) is 12.8 Å². The average Bonchev–Trinajstić information content (AvgIpc) is 2.85. The van der Waals surface area contributed by atoms with Gasteiger partial charge < -0.3 is 10.0 Å². The molecule has 19 heavy (non-hydrogen) atoms. The Hall–Kier alpha value is -1.77. The van der Waals surface area contributed by atoms with Gasteiger partial charge in [-0.25, -0.2) is 4.79 Å². The van der Waals surface area contributed by atoms with E-state index in [9.17, 15) is 4.79 Å². The van der Waals surface area contributed by atoms with E-state index in [1.54, 1.807) is 6.08 Å². The number of aryl methyl sites for hydroxylation is 1. The molecule has 1 aromatic carbocycles. The molecule has 1 aromatic rings. The first-order valence-electron chi connectivity index (χ1n) is 6.86. The number of nitrogens with zero attached hydrogens (tertiary/aromatic N) is 1. The zero-order valence-electron chi connectivity index (χ0n) is 11.6. The number of hydrogen-bond donors (Lipinski definition) is 1. The summed E-state index contributed by atoms with van der Waals surface area (Å²) in [5.41, 5.74) is 3.30. The van der Waals surface area contributed by atoms with E-state index in [0.717, 1.165) is 35.8 Å². The Kier molecular flexibility index (Phi) is 4.25. The minimum Gasteiger partial charge on any atom is -0.478 e. The van der Waals surface area contributed by atoms with E-state index in [0.29, 0.717) is 0 Å². The molecule has 1 saturated heterocycles. The minimum absolute atomic E-state index is 0.762. The Bertz CT molecular complexity index is 494. The summed E-state index contributed by atoms with van der Waals surface area (Å²) >= 11 is 0. The molecule has 1 fully saturated rings. The highest BCUT2D eigenvalue weighted by Gasteiger charge is 2.22. The standard InChI is InChI=1S/C16H21NO2/c1-3-13-8-9-17(11-13)15-6-4-12(2)10-14(15)5-7-16(18)19/h4-7,10,13H,3,8-9,11H2,1-2H3,(H,18,19)/b7-5+. The van der Waals surface area contributed by atoms with Crippen molar-refractivity contribution in [3.63, 3.8) is 0 Å². The third-order valence-electron chi connectivity index (χ3n) is 3.79. The Labute approximate surface area is 114 Å². The maximum atomic E-state index is 10.7. The maximum absolute atomic E-state index is 10.7. The quantitative estimate of drug-likeness (QED) is 0.843. The second-order valence-corrected chi connectivity index (χ2v) is 5.24. The van der Waals surface area contributed by atoms with Crippen LogP contribution in [0.3, 0.4) is 0 Å². The molecule has 0 saturated carbocycles. The molecule has 0 amide bonds. The Morgan fingerprint density at radius 1 is 1.53 bits per heavy atom. The van der Waals surface area contributed by atoms with Crippen molar-refractivity contribution in [1.82, 2.24) is 0 Å². The maximum Gasteiger partial charge on any atom is 0.328 e. The van der Waals surface area contributed by atoms with Crippen LogP contribution in [-0.2, 0) is 4.79 Å². The van der Waals surface area contributed by atoms with Crippen molar-refractivity contribution in [2.24, 2.45) is 5.92 Å². The molecular weight excluding hydrogens is 238 g/mol. The van der Waals surface area contributed by atoms with Crippen LogP contribution in [0.4, 0.5) is 5.69 Å². The van der Waals surface area contributed by atoms with Crippen molar-refractivity contribution in [3.05, 3.63) is 35.4 Å². The topological polar surface area (TPSA) is 40.5 Å². The molecule has 2 rings (SSSR count). The lowest BCUT2D eigenvalue weighted by Gasteiger charge is -2.21. The number of benzene rings is 1. The lowest BCUT2D eigenvalue weighted by Crippen LogP contribution is -2.20. The molecule has 0 bridgehead atoms. The largest absolute Gasteiger partial charge is 0.478 e. The van der Waals surface area contributed by atoms with Crippen molar-refractivity contribution in [2.45, 2.75) is 26.7 Å². The lowest BCUT2D eigenvalue weighted by atomic mass is 10.1. The number of rotatable bonds is 4. The van der Waals surface area contributed by atoms with E-state index in [-0.39, 0.29) is 0 Å². The molecule has 0 spiro atoms. The molecule has 3 nitrogen and oxygen atoms in total. The van der Waals surface area contributed by atoms with Gasteiger partial charge in [-0.15, -0.1) is 0 Å². The Morgan fingerprint density at radius 2 is 2.32 bits per heavy atom. The zero-order valence-corrected chi connectivity index (χ0v) is 11.6. The van der Waals surface area contributed by atoms with Crippen molar-refractivity contribution in [2.75, 3.05) is 18.0 Å². The molecule has 1 heterocycles. The molecule has 1 atom stereocenters. The van der Waals surface area contributed by atoms with E-state index in [4.69, 9.17) is 5.11 Å². The predicted octanol–water partition coefficient (Wildman–Crippen LogP) is 3.33. The van der Waals surface area contributed by atoms with Gasteiger partial charge in [0, 0.05) is 24.9 Å². The number of anilines is 1. The van der Waals surface area contributed by atoms with Crippen LogP contribution < -0.4 is 4.90 Å². The van der Waals surface area contributed by atoms with Gasteiger partial charge in [0.15, 0.2) is 0 Å². The fraction of sp³-hybridized carbons (Fsp3) is 0.438. The van der Waals surface area contributed by atoms with Gasteiger partial charge in [0.1, 0.15) is 0 Å². The van der Waals surface area contributed by atoms with Crippen LogP contribution in [0.15, 0.2) is 24.3 Å². The molecule has 1 aliphatic heterocycles. The van der Waals surface area contributed by atoms with E-state index in [1.165, 1.54) is 18.9 Å². The van der Waals surface area contributed by atoms with Crippen molar-refractivity contribution in [1.29, 1.82) is 0 Å². The van der Waals surface area contributed by atoms with Gasteiger partial charge in [0.2, 0.25) is 0 Å². The summed E-state index contributed by atoms with van der Waals surface area (Å²) < 4.78 is 0. The van der Waals surface area contributed by atoms with E-state index in [2.05, 4.69) is 24.0 Å². The zero-order chi connectivity index (χ0) is 13.8. The third kappa shape index (κ3) is 3.37. The van der Waals surface area contributed by atoms with Gasteiger partial charge in [-0.3, -0.25) is 0 Å². The smallest absolute Gasteiger partial charge is 0.328 e. The SMILES string of the molecule is CCC1CCN(c2ccc(C)cc2/C=C/C(=O)O)C1. The molecule has 1 aliphatic rings. The average molecular weight is 259 g/mol. The molecule has 0 aromatic heterocycles. The summed E-state index contributed by atoms with van der Waals surface area (Å²) in [6, 6.07) is 6.25. The van der Waals surface area contributed by atoms with Gasteiger partial charge in [0.05, 0.1) is 0 Å². The van der Waals surface area contributed by atoms with Gasteiger partial charge >= 0.3 is 5.97 Å². The van der Waals surface area contributed by atoms with Crippen LogP contribution in [0.1, 0.15) is 30.9 Å². The summed E-state index contributed by atoms with van der Waals surface area (Å²) in [6.07, 6.45) is 5.35. The molecular formula is C16H21NO2. The number of carboxylic acids is 1.